The Hall–Kier alpha value is -1.85. The minimum absolute atomic E-state index is 0.0231. The van der Waals surface area contributed by atoms with Crippen LogP contribution in [-0.4, -0.2) is 15.7 Å². The molecule has 0 fully saturated rings. The standard InChI is InChI=1S/C6H10N6/c1-2(7)3-4(8)11-6(10)12-5(3)9/h7H,1H3,(H6,8,9,10,11,12). The van der Waals surface area contributed by atoms with Gasteiger partial charge in [0, 0.05) is 5.71 Å². The second-order valence-electron chi connectivity index (χ2n) is 2.35. The molecule has 0 spiro atoms. The number of aromatic nitrogens is 2. The van der Waals surface area contributed by atoms with E-state index in [2.05, 4.69) is 9.97 Å². The van der Waals surface area contributed by atoms with Gasteiger partial charge >= 0.3 is 0 Å². The summed E-state index contributed by atoms with van der Waals surface area (Å²) >= 11 is 0. The molecule has 0 aliphatic rings. The Kier molecular flexibility index (Phi) is 1.82. The fraction of sp³-hybridized carbons (Fsp3) is 0.167. The molecule has 1 aromatic rings. The van der Waals surface area contributed by atoms with Crippen molar-refractivity contribution in [1.82, 2.24) is 9.97 Å². The Morgan fingerprint density at radius 1 is 1.17 bits per heavy atom. The lowest BCUT2D eigenvalue weighted by molar-refractivity contribution is 1.19. The van der Waals surface area contributed by atoms with E-state index < -0.39 is 0 Å². The van der Waals surface area contributed by atoms with Gasteiger partial charge in [-0.25, -0.2) is 0 Å². The first-order valence-corrected chi connectivity index (χ1v) is 3.26. The highest BCUT2D eigenvalue weighted by atomic mass is 15.1. The van der Waals surface area contributed by atoms with Crippen LogP contribution < -0.4 is 17.2 Å². The van der Waals surface area contributed by atoms with E-state index in [4.69, 9.17) is 22.6 Å². The molecule has 0 bridgehead atoms. The summed E-state index contributed by atoms with van der Waals surface area (Å²) in [6, 6.07) is 0. The first-order valence-electron chi connectivity index (χ1n) is 3.26. The van der Waals surface area contributed by atoms with Crippen molar-refractivity contribution in [3.63, 3.8) is 0 Å². The lowest BCUT2D eigenvalue weighted by Crippen LogP contribution is -2.11. The predicted molar refractivity (Wildman–Crippen MR) is 47.8 cm³/mol. The molecule has 6 heteroatoms. The number of nitrogen functional groups attached to an aromatic ring is 3. The van der Waals surface area contributed by atoms with E-state index >= 15 is 0 Å². The van der Waals surface area contributed by atoms with Crippen molar-refractivity contribution in [1.29, 1.82) is 5.41 Å². The summed E-state index contributed by atoms with van der Waals surface area (Å²) in [6.07, 6.45) is 0. The largest absolute Gasteiger partial charge is 0.383 e. The molecule has 0 amide bonds. The van der Waals surface area contributed by atoms with Crippen molar-refractivity contribution < 1.29 is 0 Å². The van der Waals surface area contributed by atoms with Gasteiger partial charge < -0.3 is 22.6 Å². The second-order valence-corrected chi connectivity index (χ2v) is 2.35. The molecule has 0 aliphatic heterocycles. The van der Waals surface area contributed by atoms with E-state index in [1.807, 2.05) is 0 Å². The zero-order chi connectivity index (χ0) is 9.30. The third-order valence-electron chi connectivity index (χ3n) is 1.36. The molecule has 1 aromatic heterocycles. The zero-order valence-electron chi connectivity index (χ0n) is 6.63. The van der Waals surface area contributed by atoms with Crippen LogP contribution in [0.25, 0.3) is 0 Å². The fourth-order valence-corrected chi connectivity index (χ4v) is 0.899. The summed E-state index contributed by atoms with van der Waals surface area (Å²) in [7, 11) is 0. The van der Waals surface area contributed by atoms with E-state index in [-0.39, 0.29) is 23.3 Å². The summed E-state index contributed by atoms with van der Waals surface area (Å²) < 4.78 is 0. The third kappa shape index (κ3) is 1.26. The predicted octanol–water partition coefficient (Wildman–Crippen LogP) is -0.389. The highest BCUT2D eigenvalue weighted by Gasteiger charge is 2.09. The van der Waals surface area contributed by atoms with Gasteiger partial charge in [-0.2, -0.15) is 9.97 Å². The number of hydrogen-bond donors (Lipinski definition) is 4. The molecule has 7 N–H and O–H groups in total. The van der Waals surface area contributed by atoms with Crippen molar-refractivity contribution in [3.05, 3.63) is 5.56 Å². The van der Waals surface area contributed by atoms with Crippen LogP contribution in [0.3, 0.4) is 0 Å². The van der Waals surface area contributed by atoms with Gasteiger partial charge in [-0.15, -0.1) is 0 Å². The van der Waals surface area contributed by atoms with Crippen molar-refractivity contribution in [2.24, 2.45) is 0 Å². The van der Waals surface area contributed by atoms with Gasteiger partial charge in [-0.3, -0.25) is 0 Å². The smallest absolute Gasteiger partial charge is 0.223 e. The van der Waals surface area contributed by atoms with Gasteiger partial charge in [-0.1, -0.05) is 0 Å². The molecule has 0 atom stereocenters. The maximum absolute atomic E-state index is 7.31. The number of hydrogen-bond acceptors (Lipinski definition) is 6. The molecule has 0 aliphatic carbocycles. The maximum atomic E-state index is 7.31. The fourth-order valence-electron chi connectivity index (χ4n) is 0.899. The van der Waals surface area contributed by atoms with Gasteiger partial charge in [0.25, 0.3) is 0 Å². The maximum Gasteiger partial charge on any atom is 0.223 e. The molecule has 0 unspecified atom stereocenters. The van der Waals surface area contributed by atoms with Gasteiger partial charge in [0.1, 0.15) is 11.6 Å². The number of nitrogens with two attached hydrogens (primary N) is 3. The Bertz CT molecular complexity index is 308. The van der Waals surface area contributed by atoms with E-state index in [0.29, 0.717) is 5.56 Å². The van der Waals surface area contributed by atoms with Crippen molar-refractivity contribution in [3.8, 4) is 0 Å². The van der Waals surface area contributed by atoms with Crippen LogP contribution in [0.4, 0.5) is 17.6 Å². The molecular weight excluding hydrogens is 156 g/mol. The van der Waals surface area contributed by atoms with Crippen LogP contribution in [0.2, 0.25) is 0 Å². The van der Waals surface area contributed by atoms with Crippen LogP contribution in [0, 0.1) is 5.41 Å². The third-order valence-corrected chi connectivity index (χ3v) is 1.36. The Morgan fingerprint density at radius 2 is 1.58 bits per heavy atom. The van der Waals surface area contributed by atoms with Gasteiger partial charge in [0.2, 0.25) is 5.95 Å². The molecule has 64 valence electrons. The summed E-state index contributed by atoms with van der Waals surface area (Å²) in [5.41, 5.74) is 16.8. The van der Waals surface area contributed by atoms with E-state index in [0.717, 1.165) is 0 Å². The molecule has 1 heterocycles. The van der Waals surface area contributed by atoms with Crippen LogP contribution in [0.1, 0.15) is 12.5 Å². The van der Waals surface area contributed by atoms with Crippen LogP contribution >= 0.6 is 0 Å². The minimum Gasteiger partial charge on any atom is -0.383 e. The van der Waals surface area contributed by atoms with Crippen LogP contribution in [-0.2, 0) is 0 Å². The lowest BCUT2D eigenvalue weighted by Gasteiger charge is -2.05. The van der Waals surface area contributed by atoms with Crippen molar-refractivity contribution >= 4 is 23.3 Å². The van der Waals surface area contributed by atoms with E-state index in [1.165, 1.54) is 0 Å². The first-order chi connectivity index (χ1) is 5.52. The van der Waals surface area contributed by atoms with E-state index in [1.54, 1.807) is 6.92 Å². The highest BCUT2D eigenvalue weighted by molar-refractivity contribution is 6.04. The van der Waals surface area contributed by atoms with Crippen LogP contribution in [0.5, 0.6) is 0 Å². The quantitative estimate of drug-likeness (QED) is 0.422. The zero-order valence-corrected chi connectivity index (χ0v) is 6.63. The van der Waals surface area contributed by atoms with Crippen molar-refractivity contribution in [2.75, 3.05) is 17.2 Å². The number of rotatable bonds is 1. The summed E-state index contributed by atoms with van der Waals surface area (Å²) in [5.74, 6) is 0.315. The van der Waals surface area contributed by atoms with Gasteiger partial charge in [0.05, 0.1) is 5.56 Å². The minimum atomic E-state index is 0.0231. The highest BCUT2D eigenvalue weighted by Crippen LogP contribution is 2.16. The van der Waals surface area contributed by atoms with Crippen molar-refractivity contribution in [2.45, 2.75) is 6.92 Å². The number of nitrogens with zero attached hydrogens (tertiary/aromatic N) is 2. The summed E-state index contributed by atoms with van der Waals surface area (Å²) in [5, 5.41) is 7.31. The van der Waals surface area contributed by atoms with Gasteiger partial charge in [-0.05, 0) is 6.92 Å². The Labute approximate surface area is 69.3 Å². The molecule has 0 saturated heterocycles. The lowest BCUT2D eigenvalue weighted by atomic mass is 10.2. The molecular formula is C6H10N6. The first kappa shape index (κ1) is 8.25. The Balaban J connectivity index is 3.38. The number of nitrogens with one attached hydrogen (secondary N) is 1. The topological polar surface area (TPSA) is 128 Å². The van der Waals surface area contributed by atoms with Gasteiger partial charge in [0.15, 0.2) is 0 Å². The second kappa shape index (κ2) is 2.65. The normalized spacial score (nSPS) is 9.75. The average Bonchev–Trinajstić information content (AvgIpc) is 1.82. The molecule has 0 aromatic carbocycles. The average molecular weight is 166 g/mol. The SMILES string of the molecule is CC(=N)c1c(N)nc(N)nc1N. The molecule has 0 radical (unpaired) electrons. The molecule has 12 heavy (non-hydrogen) atoms. The Morgan fingerprint density at radius 3 is 1.92 bits per heavy atom. The molecule has 6 nitrogen and oxygen atoms in total. The van der Waals surface area contributed by atoms with E-state index in [9.17, 15) is 0 Å². The molecule has 0 saturated carbocycles. The molecule has 1 rings (SSSR count). The summed E-state index contributed by atoms with van der Waals surface area (Å²) in [4.78, 5) is 7.36. The number of anilines is 3. The monoisotopic (exact) mass is 166 g/mol. The van der Waals surface area contributed by atoms with Crippen LogP contribution in [0.15, 0.2) is 0 Å². The summed E-state index contributed by atoms with van der Waals surface area (Å²) in [6.45, 7) is 1.56.